The van der Waals surface area contributed by atoms with Crippen molar-refractivity contribution in [2.75, 3.05) is 24.5 Å². The van der Waals surface area contributed by atoms with Crippen LogP contribution in [0, 0.1) is 0 Å². The molecule has 1 aromatic heterocycles. The van der Waals surface area contributed by atoms with Crippen molar-refractivity contribution in [3.05, 3.63) is 5.82 Å². The van der Waals surface area contributed by atoms with E-state index in [1.54, 1.807) is 4.90 Å². The number of carbonyl (C=O) groups is 1. The van der Waals surface area contributed by atoms with Crippen LogP contribution in [0.4, 0.5) is 9.93 Å². The summed E-state index contributed by atoms with van der Waals surface area (Å²) < 4.78 is 9.94. The number of hydrogen-bond donors (Lipinski definition) is 0. The van der Waals surface area contributed by atoms with Crippen LogP contribution in [0.3, 0.4) is 0 Å². The van der Waals surface area contributed by atoms with Gasteiger partial charge in [-0.25, -0.2) is 9.78 Å². The van der Waals surface area contributed by atoms with E-state index >= 15 is 0 Å². The molecule has 6 nitrogen and oxygen atoms in total. The van der Waals surface area contributed by atoms with Crippen LogP contribution in [0.5, 0.6) is 0 Å². The van der Waals surface area contributed by atoms with E-state index in [0.29, 0.717) is 13.1 Å². The fourth-order valence-corrected chi connectivity index (χ4v) is 3.36. The van der Waals surface area contributed by atoms with Gasteiger partial charge in [-0.1, -0.05) is 20.8 Å². The molecule has 1 aromatic rings. The average molecular weight is 340 g/mol. The number of hydrogen-bond acceptors (Lipinski definition) is 6. The maximum atomic E-state index is 12.2. The normalized spacial score (nSPS) is 19.9. The molecule has 1 fully saturated rings. The zero-order valence-corrected chi connectivity index (χ0v) is 16.0. The number of nitrogens with zero attached hydrogens (tertiary/aromatic N) is 4. The van der Waals surface area contributed by atoms with Gasteiger partial charge in [0.1, 0.15) is 11.4 Å². The highest BCUT2D eigenvalue weighted by Gasteiger charge is 2.32. The molecule has 1 atom stereocenters. The van der Waals surface area contributed by atoms with Gasteiger partial charge in [-0.15, -0.1) is 0 Å². The third-order valence-electron chi connectivity index (χ3n) is 3.61. The summed E-state index contributed by atoms with van der Waals surface area (Å²) in [7, 11) is 0. The molecule has 2 heterocycles. The van der Waals surface area contributed by atoms with Gasteiger partial charge in [0.05, 0.1) is 0 Å². The maximum absolute atomic E-state index is 12.2. The summed E-state index contributed by atoms with van der Waals surface area (Å²) in [5.41, 5.74) is -0.505. The van der Waals surface area contributed by atoms with Crippen LogP contribution in [0.1, 0.15) is 54.3 Å². The maximum Gasteiger partial charge on any atom is 0.410 e. The Balaban J connectivity index is 2.02. The number of piperazine rings is 1. The van der Waals surface area contributed by atoms with E-state index in [1.807, 2.05) is 20.8 Å². The summed E-state index contributed by atoms with van der Waals surface area (Å²) in [4.78, 5) is 20.9. The lowest BCUT2D eigenvalue weighted by Gasteiger charge is -2.39. The number of anilines is 1. The molecule has 7 heteroatoms. The van der Waals surface area contributed by atoms with Crippen LogP contribution < -0.4 is 4.90 Å². The first-order valence-corrected chi connectivity index (χ1v) is 8.83. The Hall–Kier alpha value is -1.37. The third kappa shape index (κ3) is 4.56. The zero-order valence-electron chi connectivity index (χ0n) is 15.2. The monoisotopic (exact) mass is 340 g/mol. The van der Waals surface area contributed by atoms with Gasteiger partial charge in [-0.2, -0.15) is 4.37 Å². The molecule has 1 aliphatic heterocycles. The largest absolute Gasteiger partial charge is 0.444 e. The van der Waals surface area contributed by atoms with E-state index in [1.165, 1.54) is 11.5 Å². The Morgan fingerprint density at radius 2 is 1.87 bits per heavy atom. The van der Waals surface area contributed by atoms with E-state index < -0.39 is 5.60 Å². The first-order chi connectivity index (χ1) is 10.5. The smallest absolute Gasteiger partial charge is 0.410 e. The summed E-state index contributed by atoms with van der Waals surface area (Å²) in [6.45, 7) is 16.1. The van der Waals surface area contributed by atoms with Gasteiger partial charge < -0.3 is 14.5 Å². The molecule has 0 radical (unpaired) electrons. The first-order valence-electron chi connectivity index (χ1n) is 8.06. The van der Waals surface area contributed by atoms with E-state index in [9.17, 15) is 4.79 Å². The fraction of sp³-hybridized carbons (Fsp3) is 0.812. The molecule has 1 aliphatic rings. The Morgan fingerprint density at radius 3 is 2.35 bits per heavy atom. The molecule has 23 heavy (non-hydrogen) atoms. The molecule has 130 valence electrons. The Bertz CT molecular complexity index is 559. The van der Waals surface area contributed by atoms with Gasteiger partial charge in [0, 0.05) is 42.6 Å². The van der Waals surface area contributed by atoms with Gasteiger partial charge in [0.15, 0.2) is 0 Å². The van der Waals surface area contributed by atoms with Crippen molar-refractivity contribution in [1.29, 1.82) is 0 Å². The van der Waals surface area contributed by atoms with E-state index in [4.69, 9.17) is 4.74 Å². The quantitative estimate of drug-likeness (QED) is 0.785. The number of aromatic nitrogens is 2. The lowest BCUT2D eigenvalue weighted by atomic mass is 9.96. The van der Waals surface area contributed by atoms with Crippen LogP contribution in [0.2, 0.25) is 0 Å². The Labute approximate surface area is 143 Å². The number of rotatable bonds is 1. The van der Waals surface area contributed by atoms with Gasteiger partial charge in [0.2, 0.25) is 5.13 Å². The minimum Gasteiger partial charge on any atom is -0.444 e. The Morgan fingerprint density at radius 1 is 1.22 bits per heavy atom. The SMILES string of the molecule is CC1CN(C(=O)OC(C)(C)C)CCN1c1nc(C(C)(C)C)ns1. The molecule has 1 saturated heterocycles. The summed E-state index contributed by atoms with van der Waals surface area (Å²) in [6, 6.07) is 0.192. The molecule has 1 unspecified atom stereocenters. The molecular formula is C16H28N4O2S. The highest BCUT2D eigenvalue weighted by molar-refractivity contribution is 7.09. The lowest BCUT2D eigenvalue weighted by Crippen LogP contribution is -2.54. The fourth-order valence-electron chi connectivity index (χ4n) is 2.37. The number of carbonyl (C=O) groups excluding carboxylic acids is 1. The second-order valence-electron chi connectivity index (χ2n) is 8.12. The molecule has 0 bridgehead atoms. The summed E-state index contributed by atoms with van der Waals surface area (Å²) in [6.07, 6.45) is -0.239. The summed E-state index contributed by atoms with van der Waals surface area (Å²) >= 11 is 1.44. The van der Waals surface area contributed by atoms with Gasteiger partial charge in [-0.3, -0.25) is 0 Å². The van der Waals surface area contributed by atoms with E-state index in [0.717, 1.165) is 17.5 Å². The highest BCUT2D eigenvalue weighted by atomic mass is 32.1. The van der Waals surface area contributed by atoms with Gasteiger partial charge in [-0.05, 0) is 27.7 Å². The number of amides is 1. The predicted molar refractivity (Wildman–Crippen MR) is 93.2 cm³/mol. The first kappa shape index (κ1) is 18.0. The minimum atomic E-state index is -0.460. The van der Waals surface area contributed by atoms with Gasteiger partial charge >= 0.3 is 6.09 Å². The van der Waals surface area contributed by atoms with E-state index in [2.05, 4.69) is 42.0 Å². The van der Waals surface area contributed by atoms with Crippen molar-refractivity contribution in [3.63, 3.8) is 0 Å². The summed E-state index contributed by atoms with van der Waals surface area (Å²) in [5, 5.41) is 0.936. The van der Waals surface area contributed by atoms with Crippen LogP contribution in [0.25, 0.3) is 0 Å². The van der Waals surface area contributed by atoms with Crippen LogP contribution >= 0.6 is 11.5 Å². The van der Waals surface area contributed by atoms with Crippen molar-refractivity contribution in [2.24, 2.45) is 0 Å². The van der Waals surface area contributed by atoms with Crippen LogP contribution in [-0.2, 0) is 10.2 Å². The second kappa shape index (κ2) is 6.26. The molecule has 0 aliphatic carbocycles. The topological polar surface area (TPSA) is 58.6 Å². The Kier molecular flexibility index (Phi) is 4.89. The summed E-state index contributed by atoms with van der Waals surface area (Å²) in [5.74, 6) is 0.874. The van der Waals surface area contributed by atoms with E-state index in [-0.39, 0.29) is 17.6 Å². The third-order valence-corrected chi connectivity index (χ3v) is 4.36. The molecule has 1 amide bonds. The highest BCUT2D eigenvalue weighted by Crippen LogP contribution is 2.28. The van der Waals surface area contributed by atoms with Crippen molar-refractivity contribution in [1.82, 2.24) is 14.3 Å². The van der Waals surface area contributed by atoms with Crippen molar-refractivity contribution in [2.45, 2.75) is 65.5 Å². The predicted octanol–water partition coefficient (Wildman–Crippen LogP) is 3.28. The van der Waals surface area contributed by atoms with Crippen molar-refractivity contribution >= 4 is 22.8 Å². The molecule has 0 spiro atoms. The van der Waals surface area contributed by atoms with Crippen molar-refractivity contribution in [3.8, 4) is 0 Å². The molecule has 0 saturated carbocycles. The van der Waals surface area contributed by atoms with Crippen LogP contribution in [0.15, 0.2) is 0 Å². The van der Waals surface area contributed by atoms with Gasteiger partial charge in [0.25, 0.3) is 0 Å². The van der Waals surface area contributed by atoms with Crippen molar-refractivity contribution < 1.29 is 9.53 Å². The minimum absolute atomic E-state index is 0.0453. The lowest BCUT2D eigenvalue weighted by molar-refractivity contribution is 0.0219. The number of ether oxygens (including phenoxy) is 1. The molecular weight excluding hydrogens is 312 g/mol. The molecule has 0 aromatic carbocycles. The van der Waals surface area contributed by atoms with Crippen LogP contribution in [-0.4, -0.2) is 51.6 Å². The standard InChI is InChI=1S/C16H28N4O2S/c1-11-10-19(14(21)22-16(5,6)7)8-9-20(11)13-17-12(18-23-13)15(2,3)4/h11H,8-10H2,1-7H3. The second-order valence-corrected chi connectivity index (χ2v) is 8.85. The zero-order chi connectivity index (χ0) is 17.4. The molecule has 0 N–H and O–H groups in total. The molecule has 2 rings (SSSR count). The average Bonchev–Trinajstić information content (AvgIpc) is 2.85.